The monoisotopic (exact) mass is 438 g/mol. The lowest BCUT2D eigenvalue weighted by Crippen LogP contribution is -2.20. The third-order valence-corrected chi connectivity index (χ3v) is 4.48. The molecule has 0 aliphatic carbocycles. The molecule has 142 valence electrons. The van der Waals surface area contributed by atoms with Gasteiger partial charge in [-0.15, -0.1) is 0 Å². The average molecular weight is 439 g/mol. The third kappa shape index (κ3) is 5.44. The molecule has 0 bridgehead atoms. The van der Waals surface area contributed by atoms with Gasteiger partial charge in [-0.3, -0.25) is 9.59 Å². The molecule has 0 spiro atoms. The number of hydrogen-bond acceptors (Lipinski definition) is 3. The fourth-order valence-electron chi connectivity index (χ4n) is 2.65. The summed E-state index contributed by atoms with van der Waals surface area (Å²) < 4.78 is 6.40. The Balaban J connectivity index is 1.59. The highest BCUT2D eigenvalue weighted by molar-refractivity contribution is 9.10. The van der Waals surface area contributed by atoms with Crippen molar-refractivity contribution in [2.75, 3.05) is 17.2 Å². The Morgan fingerprint density at radius 3 is 2.25 bits per heavy atom. The Morgan fingerprint density at radius 1 is 0.857 bits per heavy atom. The van der Waals surface area contributed by atoms with Gasteiger partial charge in [-0.05, 0) is 57.4 Å². The van der Waals surface area contributed by atoms with Crippen LogP contribution in [0.1, 0.15) is 6.92 Å². The molecule has 0 aliphatic rings. The van der Waals surface area contributed by atoms with Gasteiger partial charge in [-0.25, -0.2) is 0 Å². The molecule has 3 aromatic rings. The fourth-order valence-corrected chi connectivity index (χ4v) is 3.14. The second-order valence-corrected chi connectivity index (χ2v) is 6.96. The van der Waals surface area contributed by atoms with Crippen molar-refractivity contribution in [3.8, 4) is 16.9 Å². The predicted molar refractivity (Wildman–Crippen MR) is 114 cm³/mol. The number of carbonyl (C=O) groups excluding carboxylic acids is 2. The van der Waals surface area contributed by atoms with Gasteiger partial charge in [0.05, 0.1) is 4.47 Å². The summed E-state index contributed by atoms with van der Waals surface area (Å²) in [5.74, 6) is 0.122. The molecule has 3 aromatic carbocycles. The highest BCUT2D eigenvalue weighted by Gasteiger charge is 2.08. The summed E-state index contributed by atoms with van der Waals surface area (Å²) in [6.45, 7) is 1.30. The molecule has 0 aliphatic heterocycles. The zero-order valence-electron chi connectivity index (χ0n) is 15.2. The summed E-state index contributed by atoms with van der Waals surface area (Å²) in [6.07, 6.45) is 0. The molecule has 0 atom stereocenters. The smallest absolute Gasteiger partial charge is 0.262 e. The van der Waals surface area contributed by atoms with Crippen LogP contribution in [-0.4, -0.2) is 18.4 Å². The van der Waals surface area contributed by atoms with Gasteiger partial charge >= 0.3 is 0 Å². The van der Waals surface area contributed by atoms with Crippen LogP contribution in [0.15, 0.2) is 77.3 Å². The Bertz CT molecular complexity index is 990. The van der Waals surface area contributed by atoms with E-state index < -0.39 is 0 Å². The van der Waals surface area contributed by atoms with Crippen LogP contribution in [0.4, 0.5) is 11.4 Å². The topological polar surface area (TPSA) is 67.4 Å². The number of anilines is 2. The Hall–Kier alpha value is -3.12. The highest BCUT2D eigenvalue weighted by Crippen LogP contribution is 2.30. The molecule has 0 radical (unpaired) electrons. The van der Waals surface area contributed by atoms with E-state index >= 15 is 0 Å². The van der Waals surface area contributed by atoms with Gasteiger partial charge in [0.2, 0.25) is 5.91 Å². The van der Waals surface area contributed by atoms with Crippen molar-refractivity contribution in [3.63, 3.8) is 0 Å². The van der Waals surface area contributed by atoms with Crippen molar-refractivity contribution < 1.29 is 14.3 Å². The SMILES string of the molecule is CC(=O)Nc1cccc(NC(=O)COc2ccc(-c3ccccc3)cc2Br)c1. The number of carbonyl (C=O) groups is 2. The maximum atomic E-state index is 12.2. The molecule has 5 nitrogen and oxygen atoms in total. The van der Waals surface area contributed by atoms with E-state index in [1.807, 2.05) is 48.5 Å². The molecule has 0 unspecified atom stereocenters. The summed E-state index contributed by atoms with van der Waals surface area (Å²) in [4.78, 5) is 23.3. The van der Waals surface area contributed by atoms with Crippen molar-refractivity contribution in [1.82, 2.24) is 0 Å². The van der Waals surface area contributed by atoms with Gasteiger partial charge in [0, 0.05) is 18.3 Å². The minimum Gasteiger partial charge on any atom is -0.483 e. The first-order valence-corrected chi connectivity index (χ1v) is 9.46. The fraction of sp³-hybridized carbons (Fsp3) is 0.0909. The minimum atomic E-state index is -0.293. The van der Waals surface area contributed by atoms with Crippen LogP contribution in [0, 0.1) is 0 Å². The number of benzene rings is 3. The van der Waals surface area contributed by atoms with Crippen LogP contribution in [0.2, 0.25) is 0 Å². The van der Waals surface area contributed by atoms with Crippen molar-refractivity contribution in [2.24, 2.45) is 0 Å². The van der Waals surface area contributed by atoms with Gasteiger partial charge in [-0.2, -0.15) is 0 Å². The van der Waals surface area contributed by atoms with Crippen LogP contribution >= 0.6 is 15.9 Å². The second kappa shape index (κ2) is 9.19. The lowest BCUT2D eigenvalue weighted by Gasteiger charge is -2.11. The van der Waals surface area contributed by atoms with E-state index in [9.17, 15) is 9.59 Å². The number of ether oxygens (including phenoxy) is 1. The summed E-state index contributed by atoms with van der Waals surface area (Å²) in [5.41, 5.74) is 3.36. The normalized spacial score (nSPS) is 10.2. The standard InChI is InChI=1S/C22H19BrN2O3/c1-15(26)24-18-8-5-9-19(13-18)25-22(27)14-28-21-11-10-17(12-20(21)23)16-6-3-2-4-7-16/h2-13H,14H2,1H3,(H,24,26)(H,25,27). The molecular weight excluding hydrogens is 420 g/mol. The number of halogens is 1. The second-order valence-electron chi connectivity index (χ2n) is 6.11. The quantitative estimate of drug-likeness (QED) is 0.562. The van der Waals surface area contributed by atoms with E-state index in [-0.39, 0.29) is 18.4 Å². The highest BCUT2D eigenvalue weighted by atomic mass is 79.9. The average Bonchev–Trinajstić information content (AvgIpc) is 2.67. The maximum Gasteiger partial charge on any atom is 0.262 e. The zero-order chi connectivity index (χ0) is 19.9. The summed E-state index contributed by atoms with van der Waals surface area (Å²) >= 11 is 3.50. The van der Waals surface area contributed by atoms with Crippen LogP contribution in [0.3, 0.4) is 0 Å². The molecule has 28 heavy (non-hydrogen) atoms. The van der Waals surface area contributed by atoms with Gasteiger partial charge in [-0.1, -0.05) is 42.5 Å². The van der Waals surface area contributed by atoms with E-state index in [0.717, 1.165) is 15.6 Å². The van der Waals surface area contributed by atoms with E-state index in [1.165, 1.54) is 6.92 Å². The lowest BCUT2D eigenvalue weighted by molar-refractivity contribution is -0.118. The van der Waals surface area contributed by atoms with Crippen molar-refractivity contribution in [2.45, 2.75) is 6.92 Å². The number of hydrogen-bond donors (Lipinski definition) is 2. The molecule has 6 heteroatoms. The minimum absolute atomic E-state index is 0.131. The molecular formula is C22H19BrN2O3. The largest absolute Gasteiger partial charge is 0.483 e. The Kier molecular flexibility index (Phi) is 6.45. The van der Waals surface area contributed by atoms with Crippen molar-refractivity contribution in [3.05, 3.63) is 77.3 Å². The zero-order valence-corrected chi connectivity index (χ0v) is 16.8. The summed E-state index contributed by atoms with van der Waals surface area (Å²) in [6, 6.07) is 22.7. The Morgan fingerprint density at radius 2 is 1.57 bits per heavy atom. The first kappa shape index (κ1) is 19.6. The van der Waals surface area contributed by atoms with Crippen LogP contribution in [0.5, 0.6) is 5.75 Å². The molecule has 2 amide bonds. The van der Waals surface area contributed by atoms with Gasteiger partial charge in [0.1, 0.15) is 5.75 Å². The van der Waals surface area contributed by atoms with Crippen molar-refractivity contribution >= 4 is 39.1 Å². The van der Waals surface area contributed by atoms with Crippen LogP contribution < -0.4 is 15.4 Å². The van der Waals surface area contributed by atoms with E-state index in [1.54, 1.807) is 24.3 Å². The molecule has 2 N–H and O–H groups in total. The van der Waals surface area contributed by atoms with Gasteiger partial charge in [0.25, 0.3) is 5.91 Å². The number of amides is 2. The van der Waals surface area contributed by atoms with E-state index in [2.05, 4.69) is 26.6 Å². The first-order valence-electron chi connectivity index (χ1n) is 8.66. The summed E-state index contributed by atoms with van der Waals surface area (Å²) in [5, 5.41) is 5.43. The van der Waals surface area contributed by atoms with Crippen LogP contribution in [-0.2, 0) is 9.59 Å². The first-order chi connectivity index (χ1) is 13.5. The third-order valence-electron chi connectivity index (χ3n) is 3.86. The molecule has 0 saturated carbocycles. The van der Waals surface area contributed by atoms with E-state index in [4.69, 9.17) is 4.74 Å². The van der Waals surface area contributed by atoms with E-state index in [0.29, 0.717) is 17.1 Å². The van der Waals surface area contributed by atoms with Crippen molar-refractivity contribution in [1.29, 1.82) is 0 Å². The molecule has 3 rings (SSSR count). The molecule has 0 aromatic heterocycles. The molecule has 0 saturated heterocycles. The van der Waals surface area contributed by atoms with Gasteiger partial charge < -0.3 is 15.4 Å². The number of nitrogens with one attached hydrogen (secondary N) is 2. The lowest BCUT2D eigenvalue weighted by atomic mass is 10.1. The van der Waals surface area contributed by atoms with Gasteiger partial charge in [0.15, 0.2) is 6.61 Å². The maximum absolute atomic E-state index is 12.2. The molecule has 0 heterocycles. The summed E-state index contributed by atoms with van der Waals surface area (Å²) in [7, 11) is 0. The predicted octanol–water partition coefficient (Wildman–Crippen LogP) is 5.09. The molecule has 0 fully saturated rings. The Labute approximate surface area is 171 Å². The number of rotatable bonds is 6. The van der Waals surface area contributed by atoms with Crippen LogP contribution in [0.25, 0.3) is 11.1 Å².